The molecular weight excluding hydrogens is 663 g/mol. The second-order valence-electron chi connectivity index (χ2n) is 16.3. The van der Waals surface area contributed by atoms with Gasteiger partial charge in [0.25, 0.3) is 6.33 Å². The molecule has 0 fully saturated rings. The molecule has 0 bridgehead atoms. The van der Waals surface area contributed by atoms with E-state index in [0.717, 1.165) is 38.5 Å². The van der Waals surface area contributed by atoms with Crippen LogP contribution in [-0.2, 0) is 18.2 Å². The predicted molar refractivity (Wildman–Crippen MR) is 220 cm³/mol. The first-order valence-corrected chi connectivity index (χ1v) is 18.6. The van der Waals surface area contributed by atoms with Crippen LogP contribution in [0.3, 0.4) is 0 Å². The summed E-state index contributed by atoms with van der Waals surface area (Å²) in [7, 11) is 0. The number of para-hydroxylation sites is 1. The van der Waals surface area contributed by atoms with Crippen LogP contribution in [0.15, 0.2) is 122 Å². The first-order valence-electron chi connectivity index (χ1n) is 20.6. The number of fused-ring (bicyclic) bond motifs is 4. The Balaban J connectivity index is 1.22. The third-order valence-electron chi connectivity index (χ3n) is 9.40. The summed E-state index contributed by atoms with van der Waals surface area (Å²) in [5.41, 5.74) is 6.13. The molecule has 0 saturated carbocycles. The molecular formula is C48H49N5O. The van der Waals surface area contributed by atoms with E-state index in [2.05, 4.69) is 68.1 Å². The van der Waals surface area contributed by atoms with Crippen LogP contribution in [0.25, 0.3) is 50.2 Å². The Morgan fingerprint density at radius 1 is 0.704 bits per heavy atom. The van der Waals surface area contributed by atoms with Crippen molar-refractivity contribution >= 4 is 32.8 Å². The highest BCUT2D eigenvalue weighted by atomic mass is 16.5. The minimum Gasteiger partial charge on any atom is -0.458 e. The van der Waals surface area contributed by atoms with Gasteiger partial charge in [0.1, 0.15) is 17.3 Å². The van der Waals surface area contributed by atoms with E-state index in [-0.39, 0.29) is 11.3 Å². The van der Waals surface area contributed by atoms with E-state index < -0.39 is 18.2 Å². The monoisotopic (exact) mass is 715 g/mol. The maximum Gasteiger partial charge on any atom is 0.271 e. The Hall–Kier alpha value is -5.75. The highest BCUT2D eigenvalue weighted by Crippen LogP contribution is 2.36. The molecule has 0 unspecified atom stereocenters. The van der Waals surface area contributed by atoms with Crippen molar-refractivity contribution in [2.24, 2.45) is 11.3 Å². The summed E-state index contributed by atoms with van der Waals surface area (Å²) in [6, 6.07) is 35.6. The van der Waals surface area contributed by atoms with Crippen LogP contribution in [-0.4, -0.2) is 19.1 Å². The van der Waals surface area contributed by atoms with Crippen molar-refractivity contribution in [3.63, 3.8) is 0 Å². The van der Waals surface area contributed by atoms with E-state index in [0.29, 0.717) is 34.3 Å². The summed E-state index contributed by atoms with van der Waals surface area (Å²) < 4.78 is 48.1. The van der Waals surface area contributed by atoms with E-state index in [9.17, 15) is 0 Å². The zero-order valence-corrected chi connectivity index (χ0v) is 32.3. The van der Waals surface area contributed by atoms with Crippen LogP contribution < -0.4 is 9.30 Å². The lowest BCUT2D eigenvalue weighted by atomic mass is 9.87. The Bertz CT molecular complexity index is 2840. The maximum absolute atomic E-state index is 8.99. The molecule has 6 nitrogen and oxygen atoms in total. The Kier molecular flexibility index (Phi) is 7.72. The second-order valence-corrected chi connectivity index (χ2v) is 16.3. The summed E-state index contributed by atoms with van der Waals surface area (Å²) in [6.07, 6.45) is 3.88. The lowest BCUT2D eigenvalue weighted by Crippen LogP contribution is -2.30. The molecule has 0 N–H and O–H groups in total. The van der Waals surface area contributed by atoms with Gasteiger partial charge in [0, 0.05) is 40.8 Å². The zero-order chi connectivity index (χ0) is 41.4. The maximum atomic E-state index is 8.99. The van der Waals surface area contributed by atoms with Crippen molar-refractivity contribution in [1.82, 2.24) is 19.1 Å². The predicted octanol–water partition coefficient (Wildman–Crippen LogP) is 11.5. The lowest BCUT2D eigenvalue weighted by molar-refractivity contribution is -0.572. The normalized spacial score (nSPS) is 14.0. The van der Waals surface area contributed by atoms with Gasteiger partial charge in [0.2, 0.25) is 0 Å². The van der Waals surface area contributed by atoms with Crippen molar-refractivity contribution in [2.75, 3.05) is 0 Å². The number of nitrogens with zero attached hydrogens (tertiary/aromatic N) is 5. The van der Waals surface area contributed by atoms with Gasteiger partial charge < -0.3 is 4.74 Å². The van der Waals surface area contributed by atoms with E-state index in [1.54, 1.807) is 18.5 Å². The summed E-state index contributed by atoms with van der Waals surface area (Å²) >= 11 is 0. The average Bonchev–Trinajstić information content (AvgIpc) is 3.73. The van der Waals surface area contributed by atoms with Gasteiger partial charge in [-0.15, -0.1) is 0 Å². The third kappa shape index (κ3) is 7.01. The SMILES string of the molecule is [2H]C([2H])(c1ccnc(-n2c3ccccc3c3ccc(Oc4ccnc(-n5[c-][n+](-c6cccc(C([2H])([2H])C(C)(C)C)c6)c6cc(C(C)(C)C)ccc65)c4)cc32)c1)C(C)C. The topological polar surface area (TPSA) is 48.8 Å². The van der Waals surface area contributed by atoms with Crippen molar-refractivity contribution in [3.8, 4) is 28.8 Å². The molecule has 0 aliphatic heterocycles. The Morgan fingerprint density at radius 2 is 1.46 bits per heavy atom. The van der Waals surface area contributed by atoms with Gasteiger partial charge in [-0.3, -0.25) is 18.7 Å². The van der Waals surface area contributed by atoms with Crippen LogP contribution in [0.4, 0.5) is 0 Å². The van der Waals surface area contributed by atoms with Crippen LogP contribution in [0.5, 0.6) is 11.5 Å². The van der Waals surface area contributed by atoms with Gasteiger partial charge in [0.15, 0.2) is 5.82 Å². The lowest BCUT2D eigenvalue weighted by Gasteiger charge is -2.20. The first kappa shape index (κ1) is 30.7. The fourth-order valence-electron chi connectivity index (χ4n) is 7.04. The summed E-state index contributed by atoms with van der Waals surface area (Å²) in [6.45, 7) is 16.1. The van der Waals surface area contributed by atoms with Crippen molar-refractivity contribution in [3.05, 3.63) is 145 Å². The van der Waals surface area contributed by atoms with Crippen LogP contribution in [0.1, 0.15) is 77.6 Å². The molecule has 0 amide bonds. The van der Waals surface area contributed by atoms with Crippen molar-refractivity contribution < 1.29 is 14.8 Å². The standard InChI is InChI=1S/C48H49N5O/c1-32(2)24-33-20-22-50-46(26-33)53-41-15-10-9-14-39(41)40-18-17-37(28-43(40)53)54-38-21-23-49-45(29-38)52-31-51(36-13-11-12-34(25-36)30-47(3,4)5)44-27-35(48(6,7)8)16-19-42(44)52/h9-23,25-29,32H,24,30H2,1-8H3/i24D2,30D2. The van der Waals surface area contributed by atoms with Gasteiger partial charge in [-0.05, 0) is 95.2 Å². The van der Waals surface area contributed by atoms with Gasteiger partial charge in [-0.1, -0.05) is 103 Å². The second kappa shape index (κ2) is 13.6. The quantitative estimate of drug-likeness (QED) is 0.116. The van der Waals surface area contributed by atoms with Gasteiger partial charge in [-0.25, -0.2) is 4.98 Å². The molecule has 4 aromatic carbocycles. The number of pyridine rings is 2. The molecule has 0 saturated heterocycles. The molecule has 8 aromatic rings. The fourth-order valence-corrected chi connectivity index (χ4v) is 7.04. The highest BCUT2D eigenvalue weighted by Gasteiger charge is 2.20. The number of aromatic nitrogens is 5. The largest absolute Gasteiger partial charge is 0.458 e. The summed E-state index contributed by atoms with van der Waals surface area (Å²) in [5.74, 6) is 2.25. The Labute approximate surface area is 324 Å². The van der Waals surface area contributed by atoms with Crippen LogP contribution in [0.2, 0.25) is 0 Å². The molecule has 54 heavy (non-hydrogen) atoms. The molecule has 0 spiro atoms. The minimum atomic E-state index is -1.56. The first-order chi connectivity index (χ1) is 27.3. The number of benzene rings is 4. The molecule has 4 aromatic heterocycles. The highest BCUT2D eigenvalue weighted by molar-refractivity contribution is 6.09. The zero-order valence-electron chi connectivity index (χ0n) is 36.3. The van der Waals surface area contributed by atoms with Gasteiger partial charge in [0.05, 0.1) is 27.8 Å². The van der Waals surface area contributed by atoms with E-state index >= 15 is 0 Å². The number of ether oxygens (including phenoxy) is 1. The van der Waals surface area contributed by atoms with E-state index in [1.807, 2.05) is 110 Å². The molecule has 0 aliphatic rings. The molecule has 0 radical (unpaired) electrons. The van der Waals surface area contributed by atoms with E-state index in [4.69, 9.17) is 20.2 Å². The molecule has 0 aliphatic carbocycles. The molecule has 0 atom stereocenters. The van der Waals surface area contributed by atoms with Crippen LogP contribution >= 0.6 is 0 Å². The number of imidazole rings is 1. The fraction of sp³-hybridized carbons (Fsp3) is 0.271. The van der Waals surface area contributed by atoms with Crippen LogP contribution in [0, 0.1) is 17.7 Å². The molecule has 8 rings (SSSR count). The minimum absolute atomic E-state index is 0.0979. The smallest absolute Gasteiger partial charge is 0.271 e. The van der Waals surface area contributed by atoms with Gasteiger partial charge >= 0.3 is 0 Å². The van der Waals surface area contributed by atoms with Gasteiger partial charge in [-0.2, -0.15) is 0 Å². The number of hydrogen-bond acceptors (Lipinski definition) is 3. The average molecular weight is 716 g/mol. The molecule has 272 valence electrons. The third-order valence-corrected chi connectivity index (χ3v) is 9.40. The number of rotatable bonds is 8. The molecule has 4 heterocycles. The Morgan fingerprint density at radius 3 is 2.26 bits per heavy atom. The molecule has 6 heteroatoms. The van der Waals surface area contributed by atoms with E-state index in [1.165, 1.54) is 5.56 Å². The van der Waals surface area contributed by atoms with Crippen molar-refractivity contribution in [2.45, 2.75) is 73.6 Å². The summed E-state index contributed by atoms with van der Waals surface area (Å²) in [5, 5.41) is 2.09. The summed E-state index contributed by atoms with van der Waals surface area (Å²) in [4.78, 5) is 9.51. The van der Waals surface area contributed by atoms with Crippen molar-refractivity contribution in [1.29, 1.82) is 0 Å². The number of hydrogen-bond donors (Lipinski definition) is 0.